The zero-order valence-electron chi connectivity index (χ0n) is 16.1. The molecule has 0 bridgehead atoms. The van der Waals surface area contributed by atoms with Crippen molar-refractivity contribution in [2.45, 2.75) is 46.1 Å². The lowest BCUT2D eigenvalue weighted by Crippen LogP contribution is -2.52. The van der Waals surface area contributed by atoms with Gasteiger partial charge in [-0.25, -0.2) is 0 Å². The maximum atomic E-state index is 12.5. The number of carbonyl (C=O) groups is 2. The molecule has 0 spiro atoms. The van der Waals surface area contributed by atoms with Crippen LogP contribution in [0.1, 0.15) is 37.3 Å². The second kappa shape index (κ2) is 9.41. The average molecular weight is 358 g/mol. The Labute approximate surface area is 156 Å². The molecule has 2 unspecified atom stereocenters. The molecule has 0 aromatic heterocycles. The molecule has 5 heteroatoms. The van der Waals surface area contributed by atoms with Crippen molar-refractivity contribution in [2.75, 3.05) is 19.7 Å². The molecule has 1 heterocycles. The van der Waals surface area contributed by atoms with E-state index in [2.05, 4.69) is 24.9 Å². The van der Waals surface area contributed by atoms with Gasteiger partial charge in [-0.05, 0) is 61.9 Å². The number of hydrogen-bond donors (Lipinski definition) is 1. The van der Waals surface area contributed by atoms with Gasteiger partial charge in [0.15, 0.2) is 0 Å². The van der Waals surface area contributed by atoms with E-state index >= 15 is 0 Å². The molecule has 1 saturated heterocycles. The number of nitrogens with one attached hydrogen (secondary N) is 1. The Morgan fingerprint density at radius 1 is 1.31 bits per heavy atom. The molecule has 2 amide bonds. The molecule has 0 radical (unpaired) electrons. The molecule has 1 aliphatic rings. The minimum Gasteiger partial charge on any atom is -0.493 e. The molecule has 2 atom stereocenters. The van der Waals surface area contributed by atoms with Crippen molar-refractivity contribution >= 4 is 11.8 Å². The molecule has 1 aliphatic heterocycles. The smallest absolute Gasteiger partial charge is 0.243 e. The summed E-state index contributed by atoms with van der Waals surface area (Å²) in [6.07, 6.45) is 3.37. The highest BCUT2D eigenvalue weighted by Crippen LogP contribution is 2.21. The van der Waals surface area contributed by atoms with Crippen LogP contribution in [0.15, 0.2) is 30.9 Å². The Kier molecular flexibility index (Phi) is 7.25. The monoisotopic (exact) mass is 358 g/mol. The molecule has 1 aromatic carbocycles. The van der Waals surface area contributed by atoms with E-state index in [-0.39, 0.29) is 23.8 Å². The largest absolute Gasteiger partial charge is 0.493 e. The maximum absolute atomic E-state index is 12.5. The van der Waals surface area contributed by atoms with Crippen LogP contribution in [0.2, 0.25) is 0 Å². The number of likely N-dealkylation sites (tertiary alicyclic amines) is 1. The van der Waals surface area contributed by atoms with Gasteiger partial charge in [0, 0.05) is 19.1 Å². The van der Waals surface area contributed by atoms with Gasteiger partial charge in [-0.3, -0.25) is 9.59 Å². The SMILES string of the molecule is C=CC(=O)NC1CCN(C(=O)CCOc2cc(C)cc(C)c2)CC1CC. The summed E-state index contributed by atoms with van der Waals surface area (Å²) in [6, 6.07) is 6.18. The Morgan fingerprint density at radius 3 is 2.62 bits per heavy atom. The van der Waals surface area contributed by atoms with Gasteiger partial charge < -0.3 is 15.0 Å². The zero-order valence-corrected chi connectivity index (χ0v) is 16.1. The third-order valence-electron chi connectivity index (χ3n) is 4.90. The molecule has 2 rings (SSSR count). The Balaban J connectivity index is 1.82. The molecule has 0 saturated carbocycles. The van der Waals surface area contributed by atoms with E-state index in [1.54, 1.807) is 0 Å². The summed E-state index contributed by atoms with van der Waals surface area (Å²) in [4.78, 5) is 26.0. The van der Waals surface area contributed by atoms with Crippen LogP contribution in [0, 0.1) is 19.8 Å². The van der Waals surface area contributed by atoms with E-state index in [1.807, 2.05) is 30.9 Å². The number of hydrogen-bond acceptors (Lipinski definition) is 3. The number of nitrogens with zero attached hydrogens (tertiary/aromatic N) is 1. The van der Waals surface area contributed by atoms with E-state index in [1.165, 1.54) is 6.08 Å². The number of piperidine rings is 1. The number of ether oxygens (including phenoxy) is 1. The number of rotatable bonds is 7. The van der Waals surface area contributed by atoms with Gasteiger partial charge in [0.05, 0.1) is 13.0 Å². The van der Waals surface area contributed by atoms with Crippen molar-refractivity contribution in [3.05, 3.63) is 42.0 Å². The summed E-state index contributed by atoms with van der Waals surface area (Å²) in [5.74, 6) is 1.06. The van der Waals surface area contributed by atoms with Crippen molar-refractivity contribution in [1.29, 1.82) is 0 Å². The lowest BCUT2D eigenvalue weighted by Gasteiger charge is -2.38. The van der Waals surface area contributed by atoms with Gasteiger partial charge in [0.1, 0.15) is 5.75 Å². The summed E-state index contributed by atoms with van der Waals surface area (Å²) in [7, 11) is 0. The minimum atomic E-state index is -0.143. The molecule has 1 aromatic rings. The minimum absolute atomic E-state index is 0.112. The van der Waals surface area contributed by atoms with Gasteiger partial charge in [-0.2, -0.15) is 0 Å². The molecular formula is C21H30N2O3. The Morgan fingerprint density at radius 2 is 2.00 bits per heavy atom. The maximum Gasteiger partial charge on any atom is 0.243 e. The standard InChI is InChI=1S/C21H30N2O3/c1-5-17-14-23(9-7-19(17)22-20(24)6-2)21(25)8-10-26-18-12-15(3)11-16(4)13-18/h6,11-13,17,19H,2,5,7-10,14H2,1,3-4H3,(H,22,24). The Hall–Kier alpha value is -2.30. The number of amides is 2. The van der Waals surface area contributed by atoms with Crippen LogP contribution >= 0.6 is 0 Å². The number of aryl methyl sites for hydroxylation is 2. The van der Waals surface area contributed by atoms with Crippen molar-refractivity contribution in [3.8, 4) is 5.75 Å². The van der Waals surface area contributed by atoms with Crippen molar-refractivity contribution in [2.24, 2.45) is 5.92 Å². The van der Waals surface area contributed by atoms with E-state index in [0.717, 1.165) is 29.7 Å². The fourth-order valence-electron chi connectivity index (χ4n) is 3.53. The third-order valence-corrected chi connectivity index (χ3v) is 4.90. The van der Waals surface area contributed by atoms with Crippen LogP contribution in [-0.4, -0.2) is 42.5 Å². The summed E-state index contributed by atoms with van der Waals surface area (Å²) < 4.78 is 5.76. The molecule has 1 N–H and O–H groups in total. The first-order valence-corrected chi connectivity index (χ1v) is 9.34. The number of carbonyl (C=O) groups excluding carboxylic acids is 2. The fraction of sp³-hybridized carbons (Fsp3) is 0.524. The van der Waals surface area contributed by atoms with Crippen LogP contribution < -0.4 is 10.1 Å². The summed E-state index contributed by atoms with van der Waals surface area (Å²) in [5, 5.41) is 2.98. The van der Waals surface area contributed by atoms with Crippen LogP contribution in [0.4, 0.5) is 0 Å². The molecule has 5 nitrogen and oxygen atoms in total. The van der Waals surface area contributed by atoms with Crippen molar-refractivity contribution in [1.82, 2.24) is 10.2 Å². The first-order valence-electron chi connectivity index (χ1n) is 9.34. The van der Waals surface area contributed by atoms with Crippen LogP contribution in [0.25, 0.3) is 0 Å². The second-order valence-electron chi connectivity index (χ2n) is 7.04. The van der Waals surface area contributed by atoms with Gasteiger partial charge in [-0.1, -0.05) is 19.6 Å². The average Bonchev–Trinajstić information content (AvgIpc) is 2.60. The second-order valence-corrected chi connectivity index (χ2v) is 7.04. The summed E-state index contributed by atoms with van der Waals surface area (Å²) >= 11 is 0. The zero-order chi connectivity index (χ0) is 19.1. The fourth-order valence-corrected chi connectivity index (χ4v) is 3.53. The van der Waals surface area contributed by atoms with Crippen LogP contribution in [-0.2, 0) is 9.59 Å². The van der Waals surface area contributed by atoms with E-state index in [0.29, 0.717) is 26.1 Å². The first-order chi connectivity index (χ1) is 12.4. The quantitative estimate of drug-likeness (QED) is 0.762. The first kappa shape index (κ1) is 20.0. The molecular weight excluding hydrogens is 328 g/mol. The van der Waals surface area contributed by atoms with Gasteiger partial charge in [0.2, 0.25) is 11.8 Å². The molecule has 1 fully saturated rings. The lowest BCUT2D eigenvalue weighted by atomic mass is 9.89. The van der Waals surface area contributed by atoms with Crippen molar-refractivity contribution < 1.29 is 14.3 Å². The molecule has 0 aliphatic carbocycles. The Bertz CT molecular complexity index is 636. The van der Waals surface area contributed by atoms with Crippen molar-refractivity contribution in [3.63, 3.8) is 0 Å². The highest BCUT2D eigenvalue weighted by Gasteiger charge is 2.30. The van der Waals surface area contributed by atoms with E-state index in [9.17, 15) is 9.59 Å². The highest BCUT2D eigenvalue weighted by molar-refractivity contribution is 5.87. The van der Waals surface area contributed by atoms with Gasteiger partial charge in [0.25, 0.3) is 0 Å². The summed E-state index contributed by atoms with van der Waals surface area (Å²) in [6.45, 7) is 11.4. The van der Waals surface area contributed by atoms with Crippen LogP contribution in [0.3, 0.4) is 0 Å². The third kappa shape index (κ3) is 5.61. The lowest BCUT2D eigenvalue weighted by molar-refractivity contribution is -0.134. The van der Waals surface area contributed by atoms with Crippen LogP contribution in [0.5, 0.6) is 5.75 Å². The summed E-state index contributed by atoms with van der Waals surface area (Å²) in [5.41, 5.74) is 2.31. The van der Waals surface area contributed by atoms with E-state index in [4.69, 9.17) is 4.74 Å². The topological polar surface area (TPSA) is 58.6 Å². The normalized spacial score (nSPS) is 19.7. The highest BCUT2D eigenvalue weighted by atomic mass is 16.5. The van der Waals surface area contributed by atoms with E-state index < -0.39 is 0 Å². The molecule has 26 heavy (non-hydrogen) atoms. The van der Waals surface area contributed by atoms with Gasteiger partial charge in [-0.15, -0.1) is 0 Å². The molecule has 142 valence electrons. The predicted octanol–water partition coefficient (Wildman–Crippen LogP) is 3.00. The number of benzene rings is 1. The predicted molar refractivity (Wildman–Crippen MR) is 103 cm³/mol. The van der Waals surface area contributed by atoms with Gasteiger partial charge >= 0.3 is 0 Å².